The molecule has 0 amide bonds. The summed E-state index contributed by atoms with van der Waals surface area (Å²) in [6, 6.07) is 16.7. The van der Waals surface area contributed by atoms with Crippen molar-refractivity contribution < 1.29 is 4.74 Å². The van der Waals surface area contributed by atoms with E-state index in [0.29, 0.717) is 5.92 Å². The zero-order chi connectivity index (χ0) is 14.5. The van der Waals surface area contributed by atoms with E-state index in [9.17, 15) is 0 Å². The first kappa shape index (κ1) is 15.0. The topological polar surface area (TPSA) is 9.23 Å². The zero-order valence-electron chi connectivity index (χ0n) is 12.3. The summed E-state index contributed by atoms with van der Waals surface area (Å²) in [4.78, 5) is 1.06. The summed E-state index contributed by atoms with van der Waals surface area (Å²) >= 11 is 4.58. The van der Waals surface area contributed by atoms with Crippen molar-refractivity contribution >= 4 is 12.6 Å². The van der Waals surface area contributed by atoms with E-state index in [0.717, 1.165) is 17.1 Å². The Hall–Kier alpha value is -1.41. The van der Waals surface area contributed by atoms with Gasteiger partial charge in [-0.2, -0.15) is 0 Å². The van der Waals surface area contributed by atoms with Crippen LogP contribution in [0.15, 0.2) is 53.4 Å². The van der Waals surface area contributed by atoms with Crippen LogP contribution in [0.4, 0.5) is 0 Å². The van der Waals surface area contributed by atoms with Crippen molar-refractivity contribution in [2.45, 2.75) is 44.1 Å². The highest BCUT2D eigenvalue weighted by molar-refractivity contribution is 7.80. The number of rotatable bonds is 5. The Labute approximate surface area is 127 Å². The maximum absolute atomic E-state index is 5.70. The predicted octanol–water partition coefficient (Wildman–Crippen LogP) is 5.30. The fourth-order valence-electron chi connectivity index (χ4n) is 2.47. The first-order valence-electron chi connectivity index (χ1n) is 7.16. The van der Waals surface area contributed by atoms with Crippen LogP contribution in [0.1, 0.15) is 44.2 Å². The third kappa shape index (κ3) is 3.57. The van der Waals surface area contributed by atoms with E-state index in [1.807, 2.05) is 19.9 Å². The monoisotopic (exact) mass is 286 g/mol. The van der Waals surface area contributed by atoms with Crippen LogP contribution in [0.25, 0.3) is 0 Å². The van der Waals surface area contributed by atoms with Gasteiger partial charge in [-0.05, 0) is 49.6 Å². The number of benzene rings is 2. The third-order valence-corrected chi connectivity index (χ3v) is 3.78. The van der Waals surface area contributed by atoms with Gasteiger partial charge in [-0.1, -0.05) is 37.3 Å². The summed E-state index contributed by atoms with van der Waals surface area (Å²) in [5.74, 6) is 1.31. The number of hydrogen-bond acceptors (Lipinski definition) is 2. The fraction of sp³-hybridized carbons (Fsp3) is 0.333. The summed E-state index contributed by atoms with van der Waals surface area (Å²) in [6.45, 7) is 6.29. The molecule has 0 radical (unpaired) electrons. The molecular formula is C18H22OS. The molecule has 0 aliphatic carbocycles. The van der Waals surface area contributed by atoms with E-state index in [4.69, 9.17) is 4.74 Å². The highest BCUT2D eigenvalue weighted by atomic mass is 32.1. The lowest BCUT2D eigenvalue weighted by Crippen LogP contribution is -2.06. The minimum atomic E-state index is 0.209. The Morgan fingerprint density at radius 3 is 2.20 bits per heavy atom. The highest BCUT2D eigenvalue weighted by Crippen LogP contribution is 2.32. The lowest BCUT2D eigenvalue weighted by atomic mass is 9.89. The van der Waals surface area contributed by atoms with Crippen LogP contribution in [0.2, 0.25) is 0 Å². The van der Waals surface area contributed by atoms with Crippen LogP contribution in [-0.4, -0.2) is 6.10 Å². The molecule has 20 heavy (non-hydrogen) atoms. The second kappa shape index (κ2) is 6.85. The molecule has 0 fully saturated rings. The molecule has 0 N–H and O–H groups in total. The summed E-state index contributed by atoms with van der Waals surface area (Å²) in [6.07, 6.45) is 1.27. The lowest BCUT2D eigenvalue weighted by molar-refractivity contribution is 0.242. The van der Waals surface area contributed by atoms with E-state index in [1.54, 1.807) is 0 Å². The molecule has 2 aromatic rings. The van der Waals surface area contributed by atoms with Crippen molar-refractivity contribution in [3.05, 3.63) is 59.7 Å². The van der Waals surface area contributed by atoms with Crippen LogP contribution < -0.4 is 4.74 Å². The first-order valence-corrected chi connectivity index (χ1v) is 7.61. The van der Waals surface area contributed by atoms with Gasteiger partial charge in [-0.3, -0.25) is 0 Å². The van der Waals surface area contributed by atoms with Gasteiger partial charge in [0.25, 0.3) is 0 Å². The molecule has 1 atom stereocenters. The van der Waals surface area contributed by atoms with Gasteiger partial charge in [0, 0.05) is 10.8 Å². The largest absolute Gasteiger partial charge is 0.491 e. The second-order valence-electron chi connectivity index (χ2n) is 5.26. The van der Waals surface area contributed by atoms with Crippen molar-refractivity contribution in [3.63, 3.8) is 0 Å². The normalized spacial score (nSPS) is 12.4. The molecule has 1 nitrogen and oxygen atoms in total. The van der Waals surface area contributed by atoms with Crippen molar-refractivity contribution in [3.8, 4) is 5.75 Å². The summed E-state index contributed by atoms with van der Waals surface area (Å²) in [7, 11) is 0. The Bertz CT molecular complexity index is 546. The number of hydrogen-bond donors (Lipinski definition) is 1. The zero-order valence-corrected chi connectivity index (χ0v) is 13.2. The van der Waals surface area contributed by atoms with E-state index in [1.165, 1.54) is 11.1 Å². The van der Waals surface area contributed by atoms with Crippen molar-refractivity contribution in [1.29, 1.82) is 0 Å². The Balaban J connectivity index is 2.26. The number of ether oxygens (including phenoxy) is 1. The molecule has 0 aromatic heterocycles. The van der Waals surface area contributed by atoms with Gasteiger partial charge in [-0.15, -0.1) is 12.6 Å². The molecule has 106 valence electrons. The minimum absolute atomic E-state index is 0.209. The Kier molecular flexibility index (Phi) is 5.13. The SMILES string of the molecule is CCC(c1ccc(OC(C)C)cc1)c1ccccc1S. The molecule has 2 heteroatoms. The lowest BCUT2D eigenvalue weighted by Gasteiger charge is -2.18. The average Bonchev–Trinajstić information content (AvgIpc) is 2.43. The Morgan fingerprint density at radius 1 is 1.00 bits per heavy atom. The van der Waals surface area contributed by atoms with Crippen molar-refractivity contribution in [2.75, 3.05) is 0 Å². The molecule has 0 aliphatic heterocycles. The summed E-state index contributed by atoms with van der Waals surface area (Å²) in [5, 5.41) is 0. The molecular weight excluding hydrogens is 264 g/mol. The van der Waals surface area contributed by atoms with E-state index < -0.39 is 0 Å². The second-order valence-corrected chi connectivity index (χ2v) is 5.74. The maximum Gasteiger partial charge on any atom is 0.119 e. The molecule has 1 unspecified atom stereocenters. The van der Waals surface area contributed by atoms with Gasteiger partial charge in [0.1, 0.15) is 5.75 Å². The smallest absolute Gasteiger partial charge is 0.119 e. The Morgan fingerprint density at radius 2 is 1.65 bits per heavy atom. The molecule has 2 rings (SSSR count). The number of thiol groups is 1. The molecule has 0 aliphatic rings. The van der Waals surface area contributed by atoms with Gasteiger partial charge in [0.15, 0.2) is 0 Å². The van der Waals surface area contributed by atoms with Crippen LogP contribution in [-0.2, 0) is 0 Å². The molecule has 0 spiro atoms. The average molecular weight is 286 g/mol. The van der Waals surface area contributed by atoms with Gasteiger partial charge in [0.05, 0.1) is 6.10 Å². The van der Waals surface area contributed by atoms with Crippen LogP contribution in [0.5, 0.6) is 5.75 Å². The van der Waals surface area contributed by atoms with E-state index in [2.05, 4.69) is 62.0 Å². The maximum atomic E-state index is 5.70. The van der Waals surface area contributed by atoms with Crippen molar-refractivity contribution in [1.82, 2.24) is 0 Å². The molecule has 2 aromatic carbocycles. The fourth-order valence-corrected chi connectivity index (χ4v) is 2.78. The van der Waals surface area contributed by atoms with Crippen LogP contribution >= 0.6 is 12.6 Å². The molecule has 0 bridgehead atoms. The van der Waals surface area contributed by atoms with Gasteiger partial charge in [0.2, 0.25) is 0 Å². The quantitative estimate of drug-likeness (QED) is 0.733. The summed E-state index contributed by atoms with van der Waals surface area (Å²) < 4.78 is 5.70. The highest BCUT2D eigenvalue weighted by Gasteiger charge is 2.14. The first-order chi connectivity index (χ1) is 9.61. The van der Waals surface area contributed by atoms with Gasteiger partial charge < -0.3 is 4.74 Å². The standard InChI is InChI=1S/C18H22OS/c1-4-16(17-7-5-6-8-18(17)20)14-9-11-15(12-10-14)19-13(2)3/h5-13,16,20H,4H2,1-3H3. The van der Waals surface area contributed by atoms with E-state index in [-0.39, 0.29) is 6.10 Å². The predicted molar refractivity (Wildman–Crippen MR) is 88.0 cm³/mol. The molecule has 0 saturated heterocycles. The molecule has 0 saturated carbocycles. The van der Waals surface area contributed by atoms with Crippen LogP contribution in [0.3, 0.4) is 0 Å². The summed E-state index contributed by atoms with van der Waals surface area (Å²) in [5.41, 5.74) is 2.60. The minimum Gasteiger partial charge on any atom is -0.491 e. The van der Waals surface area contributed by atoms with Gasteiger partial charge >= 0.3 is 0 Å². The van der Waals surface area contributed by atoms with E-state index >= 15 is 0 Å². The van der Waals surface area contributed by atoms with Gasteiger partial charge in [-0.25, -0.2) is 0 Å². The van der Waals surface area contributed by atoms with Crippen LogP contribution in [0, 0.1) is 0 Å². The third-order valence-electron chi connectivity index (χ3n) is 3.37. The van der Waals surface area contributed by atoms with Crippen molar-refractivity contribution in [2.24, 2.45) is 0 Å². The molecule has 0 heterocycles.